The minimum absolute atomic E-state index is 0. The van der Waals surface area contributed by atoms with Gasteiger partial charge in [0.1, 0.15) is 11.5 Å². The fourth-order valence-electron chi connectivity index (χ4n) is 3.20. The van der Waals surface area contributed by atoms with Crippen LogP contribution in [0.5, 0.6) is 11.5 Å². The lowest BCUT2D eigenvalue weighted by molar-refractivity contribution is -0.152. The second-order valence-electron chi connectivity index (χ2n) is 6.59. The number of hydrogen-bond acceptors (Lipinski definition) is 7. The molecule has 3 rings (SSSR count). The number of esters is 1. The molecular formula is C21H25ClN2O5S. The first kappa shape index (κ1) is 23.9. The second kappa shape index (κ2) is 10.6. The number of fused-ring (bicyclic) bond motifs is 1. The summed E-state index contributed by atoms with van der Waals surface area (Å²) in [6.07, 6.45) is -1.00. The molecular weight excluding hydrogens is 428 g/mol. The van der Waals surface area contributed by atoms with Crippen molar-refractivity contribution in [2.24, 2.45) is 0 Å². The molecule has 0 aliphatic carbocycles. The zero-order chi connectivity index (χ0) is 21.0. The Morgan fingerprint density at radius 2 is 1.93 bits per heavy atom. The first-order valence-corrected chi connectivity index (χ1v) is 10.1. The summed E-state index contributed by atoms with van der Waals surface area (Å²) in [4.78, 5) is 27.6. The van der Waals surface area contributed by atoms with Crippen molar-refractivity contribution < 1.29 is 24.2 Å². The standard InChI is InChI=1S/C21H24N2O5S.ClH/c1-13(24)28-19-20(14-4-7-16(27-3)8-5-14)29-18-12-15(25)6-9-17(18)23(21(19)26)11-10-22-2;/h4-9,12,19-20,22,25H,10-11H2,1-3H3;1H/t19-,20+;/m1./s1. The number of nitrogens with zero attached hydrogens (tertiary/aromatic N) is 1. The molecule has 1 amide bonds. The number of amides is 1. The first-order chi connectivity index (χ1) is 13.9. The van der Waals surface area contributed by atoms with Crippen molar-refractivity contribution in [3.05, 3.63) is 48.0 Å². The highest BCUT2D eigenvalue weighted by molar-refractivity contribution is 7.99. The molecule has 0 saturated carbocycles. The average molecular weight is 453 g/mol. The molecule has 162 valence electrons. The highest BCUT2D eigenvalue weighted by atomic mass is 35.5. The molecule has 0 saturated heterocycles. The smallest absolute Gasteiger partial charge is 0.303 e. The molecule has 2 N–H and O–H groups in total. The van der Waals surface area contributed by atoms with Crippen LogP contribution < -0.4 is 15.0 Å². The first-order valence-electron chi connectivity index (χ1n) is 9.21. The lowest BCUT2D eigenvalue weighted by atomic mass is 10.1. The van der Waals surface area contributed by atoms with E-state index in [0.717, 1.165) is 10.5 Å². The van der Waals surface area contributed by atoms with Crippen molar-refractivity contribution >= 4 is 41.7 Å². The van der Waals surface area contributed by atoms with Crippen LogP contribution in [0.25, 0.3) is 0 Å². The second-order valence-corrected chi connectivity index (χ2v) is 7.77. The summed E-state index contributed by atoms with van der Waals surface area (Å²) in [5, 5.41) is 12.6. The number of anilines is 1. The Kier molecular flexibility index (Phi) is 8.40. The molecule has 1 aliphatic rings. The van der Waals surface area contributed by atoms with Crippen LogP contribution >= 0.6 is 24.2 Å². The fourth-order valence-corrected chi connectivity index (χ4v) is 4.55. The van der Waals surface area contributed by atoms with Crippen molar-refractivity contribution in [1.82, 2.24) is 5.32 Å². The molecule has 0 fully saturated rings. The highest BCUT2D eigenvalue weighted by Crippen LogP contribution is 2.47. The van der Waals surface area contributed by atoms with Gasteiger partial charge in [0.05, 0.1) is 18.0 Å². The number of carbonyl (C=O) groups excluding carboxylic acids is 2. The van der Waals surface area contributed by atoms with Gasteiger partial charge in [-0.25, -0.2) is 0 Å². The molecule has 2 atom stereocenters. The molecule has 0 bridgehead atoms. The van der Waals surface area contributed by atoms with Gasteiger partial charge in [0.25, 0.3) is 5.91 Å². The number of methoxy groups -OCH3 is 1. The Bertz CT molecular complexity index is 893. The van der Waals surface area contributed by atoms with Gasteiger partial charge in [-0.3, -0.25) is 9.59 Å². The van der Waals surface area contributed by atoms with Crippen LogP contribution in [-0.2, 0) is 14.3 Å². The van der Waals surface area contributed by atoms with Crippen LogP contribution in [0.2, 0.25) is 0 Å². The van der Waals surface area contributed by atoms with E-state index in [0.29, 0.717) is 24.5 Å². The maximum absolute atomic E-state index is 13.5. The number of thioether (sulfide) groups is 1. The fraction of sp³-hybridized carbons (Fsp3) is 0.333. The Labute approximate surface area is 186 Å². The summed E-state index contributed by atoms with van der Waals surface area (Å²) in [5.74, 6) is -0.0221. The lowest BCUT2D eigenvalue weighted by Crippen LogP contribution is -2.45. The SMILES string of the molecule is CNCCN1C(=O)[C@H](OC(C)=O)[C@H](c2ccc(OC)cc2)Sc2cc(O)ccc21.Cl. The summed E-state index contributed by atoms with van der Waals surface area (Å²) in [6.45, 7) is 2.27. The van der Waals surface area contributed by atoms with E-state index >= 15 is 0 Å². The van der Waals surface area contributed by atoms with Gasteiger partial charge in [0.2, 0.25) is 0 Å². The van der Waals surface area contributed by atoms with Crippen molar-refractivity contribution in [3.63, 3.8) is 0 Å². The third kappa shape index (κ3) is 5.19. The van der Waals surface area contributed by atoms with Crippen LogP contribution in [0, 0.1) is 0 Å². The maximum atomic E-state index is 13.5. The van der Waals surface area contributed by atoms with Crippen LogP contribution in [0.4, 0.5) is 5.69 Å². The van der Waals surface area contributed by atoms with E-state index in [2.05, 4.69) is 5.32 Å². The average Bonchev–Trinajstić information content (AvgIpc) is 2.81. The summed E-state index contributed by atoms with van der Waals surface area (Å²) >= 11 is 1.39. The van der Waals surface area contributed by atoms with Gasteiger partial charge in [-0.1, -0.05) is 12.1 Å². The quantitative estimate of drug-likeness (QED) is 0.651. The van der Waals surface area contributed by atoms with Crippen molar-refractivity contribution in [2.75, 3.05) is 32.1 Å². The Balaban J connectivity index is 0.00000320. The Hall–Kier alpha value is -2.42. The van der Waals surface area contributed by atoms with Gasteiger partial charge < -0.3 is 24.8 Å². The number of benzene rings is 2. The summed E-state index contributed by atoms with van der Waals surface area (Å²) in [5.41, 5.74) is 1.50. The summed E-state index contributed by atoms with van der Waals surface area (Å²) < 4.78 is 10.7. The molecule has 9 heteroatoms. The summed E-state index contributed by atoms with van der Waals surface area (Å²) in [7, 11) is 3.39. The zero-order valence-corrected chi connectivity index (χ0v) is 18.6. The zero-order valence-electron chi connectivity index (χ0n) is 17.0. The minimum atomic E-state index is -1.00. The number of rotatable bonds is 6. The molecule has 0 unspecified atom stereocenters. The molecule has 0 aromatic heterocycles. The number of nitrogens with one attached hydrogen (secondary N) is 1. The van der Waals surface area contributed by atoms with Crippen molar-refractivity contribution in [2.45, 2.75) is 23.2 Å². The Morgan fingerprint density at radius 3 is 2.53 bits per heavy atom. The van der Waals surface area contributed by atoms with Gasteiger partial charge in [0.15, 0.2) is 6.10 Å². The molecule has 30 heavy (non-hydrogen) atoms. The van der Waals surface area contributed by atoms with Crippen LogP contribution in [-0.4, -0.2) is 50.3 Å². The molecule has 1 heterocycles. The van der Waals surface area contributed by atoms with Gasteiger partial charge in [-0.2, -0.15) is 0 Å². The lowest BCUT2D eigenvalue weighted by Gasteiger charge is -2.27. The number of carbonyl (C=O) groups is 2. The number of phenolic OH excluding ortho intramolecular Hbond substituents is 1. The third-order valence-corrected chi connectivity index (χ3v) is 5.95. The van der Waals surface area contributed by atoms with E-state index < -0.39 is 17.3 Å². The predicted octanol–water partition coefficient (Wildman–Crippen LogP) is 3.15. The molecule has 1 aliphatic heterocycles. The van der Waals surface area contributed by atoms with Crippen LogP contribution in [0.1, 0.15) is 17.7 Å². The Morgan fingerprint density at radius 1 is 1.23 bits per heavy atom. The van der Waals surface area contributed by atoms with E-state index in [9.17, 15) is 14.7 Å². The molecule has 7 nitrogen and oxygen atoms in total. The minimum Gasteiger partial charge on any atom is -0.508 e. The molecule has 2 aromatic rings. The third-order valence-electron chi connectivity index (χ3n) is 4.60. The number of ether oxygens (including phenoxy) is 2. The molecule has 2 aromatic carbocycles. The van der Waals surface area contributed by atoms with E-state index in [1.54, 1.807) is 49.4 Å². The van der Waals surface area contributed by atoms with E-state index in [-0.39, 0.29) is 24.1 Å². The summed E-state index contributed by atoms with van der Waals surface area (Å²) in [6, 6.07) is 12.2. The van der Waals surface area contributed by atoms with Gasteiger partial charge in [-0.15, -0.1) is 24.2 Å². The number of phenols is 1. The van der Waals surface area contributed by atoms with Crippen LogP contribution in [0.15, 0.2) is 47.4 Å². The van der Waals surface area contributed by atoms with Gasteiger partial charge in [-0.05, 0) is 42.9 Å². The van der Waals surface area contributed by atoms with Gasteiger partial charge in [0, 0.05) is 24.9 Å². The van der Waals surface area contributed by atoms with E-state index in [1.807, 2.05) is 12.1 Å². The van der Waals surface area contributed by atoms with E-state index in [4.69, 9.17) is 9.47 Å². The van der Waals surface area contributed by atoms with E-state index in [1.165, 1.54) is 18.7 Å². The number of likely N-dealkylation sites (N-methyl/N-ethyl adjacent to an activating group) is 1. The number of hydrogen-bond donors (Lipinski definition) is 2. The predicted molar refractivity (Wildman–Crippen MR) is 119 cm³/mol. The van der Waals surface area contributed by atoms with Crippen LogP contribution in [0.3, 0.4) is 0 Å². The number of halogens is 1. The normalized spacial score (nSPS) is 18.1. The molecule has 0 radical (unpaired) electrons. The van der Waals surface area contributed by atoms with Crippen molar-refractivity contribution in [3.8, 4) is 11.5 Å². The monoisotopic (exact) mass is 452 g/mol. The topological polar surface area (TPSA) is 88.1 Å². The number of aromatic hydroxyl groups is 1. The largest absolute Gasteiger partial charge is 0.508 e. The molecule has 0 spiro atoms. The maximum Gasteiger partial charge on any atom is 0.303 e. The van der Waals surface area contributed by atoms with Gasteiger partial charge >= 0.3 is 5.97 Å². The van der Waals surface area contributed by atoms with Crippen molar-refractivity contribution in [1.29, 1.82) is 0 Å². The highest BCUT2D eigenvalue weighted by Gasteiger charge is 2.40.